The van der Waals surface area contributed by atoms with Crippen LogP contribution in [0.25, 0.3) is 0 Å². The Balaban J connectivity index is 1.55. The Bertz CT molecular complexity index is 539. The lowest BCUT2D eigenvalue weighted by Crippen LogP contribution is -2.52. The standard InChI is InChI=1S/C16H21F2N3O/c1-13-2-4-14(5-3-13)19-8-10-20(11-9-19)15(22)21-7-6-16(17,18)12-21/h2-5H,6-12H2,1H3. The van der Waals surface area contributed by atoms with E-state index in [0.717, 1.165) is 18.8 Å². The average Bonchev–Trinajstić information content (AvgIpc) is 2.88. The molecule has 2 heterocycles. The lowest BCUT2D eigenvalue weighted by molar-refractivity contribution is 0.0137. The summed E-state index contributed by atoms with van der Waals surface area (Å²) in [5, 5.41) is 0. The first-order valence-corrected chi connectivity index (χ1v) is 7.68. The maximum absolute atomic E-state index is 13.2. The number of hydrogen-bond donors (Lipinski definition) is 0. The summed E-state index contributed by atoms with van der Waals surface area (Å²) >= 11 is 0. The fourth-order valence-electron chi connectivity index (χ4n) is 3.01. The number of urea groups is 1. The van der Waals surface area contributed by atoms with E-state index in [2.05, 4.69) is 29.2 Å². The third-order valence-electron chi connectivity index (χ3n) is 4.39. The van der Waals surface area contributed by atoms with Crippen molar-refractivity contribution < 1.29 is 13.6 Å². The first-order chi connectivity index (χ1) is 10.4. The molecule has 1 aromatic carbocycles. The highest BCUT2D eigenvalue weighted by atomic mass is 19.3. The third-order valence-corrected chi connectivity index (χ3v) is 4.39. The van der Waals surface area contributed by atoms with Crippen molar-refractivity contribution >= 4 is 11.7 Å². The van der Waals surface area contributed by atoms with Crippen LogP contribution >= 0.6 is 0 Å². The Kier molecular flexibility index (Phi) is 3.93. The maximum Gasteiger partial charge on any atom is 0.320 e. The van der Waals surface area contributed by atoms with Crippen molar-refractivity contribution in [2.75, 3.05) is 44.2 Å². The molecule has 0 aliphatic carbocycles. The van der Waals surface area contributed by atoms with E-state index in [-0.39, 0.29) is 19.0 Å². The summed E-state index contributed by atoms with van der Waals surface area (Å²) < 4.78 is 26.4. The van der Waals surface area contributed by atoms with Crippen LogP contribution in [0.5, 0.6) is 0 Å². The summed E-state index contributed by atoms with van der Waals surface area (Å²) in [5.74, 6) is -2.72. The number of carbonyl (C=O) groups excluding carboxylic acids is 1. The molecule has 0 unspecified atom stereocenters. The van der Waals surface area contributed by atoms with Crippen molar-refractivity contribution in [3.63, 3.8) is 0 Å². The summed E-state index contributed by atoms with van der Waals surface area (Å²) in [6, 6.07) is 8.04. The summed E-state index contributed by atoms with van der Waals surface area (Å²) in [4.78, 5) is 17.5. The highest BCUT2D eigenvalue weighted by molar-refractivity contribution is 5.75. The van der Waals surface area contributed by atoms with Gasteiger partial charge in [-0.3, -0.25) is 0 Å². The number of piperazine rings is 1. The Hall–Kier alpha value is -1.85. The van der Waals surface area contributed by atoms with Gasteiger partial charge in [-0.25, -0.2) is 13.6 Å². The molecule has 120 valence electrons. The Labute approximate surface area is 129 Å². The molecule has 22 heavy (non-hydrogen) atoms. The molecule has 4 nitrogen and oxygen atoms in total. The van der Waals surface area contributed by atoms with Crippen molar-refractivity contribution in [2.24, 2.45) is 0 Å². The van der Waals surface area contributed by atoms with E-state index in [1.165, 1.54) is 10.5 Å². The van der Waals surface area contributed by atoms with Crippen molar-refractivity contribution in [1.29, 1.82) is 0 Å². The molecule has 0 N–H and O–H groups in total. The van der Waals surface area contributed by atoms with Crippen LogP contribution in [0.3, 0.4) is 0 Å². The van der Waals surface area contributed by atoms with Gasteiger partial charge in [0, 0.05) is 44.8 Å². The predicted molar refractivity (Wildman–Crippen MR) is 81.5 cm³/mol. The van der Waals surface area contributed by atoms with Crippen molar-refractivity contribution in [3.05, 3.63) is 29.8 Å². The minimum atomic E-state index is -2.72. The van der Waals surface area contributed by atoms with E-state index in [4.69, 9.17) is 0 Å². The van der Waals surface area contributed by atoms with Gasteiger partial charge in [0.25, 0.3) is 5.92 Å². The number of carbonyl (C=O) groups is 1. The topological polar surface area (TPSA) is 26.8 Å². The van der Waals surface area contributed by atoms with Crippen LogP contribution in [0.15, 0.2) is 24.3 Å². The predicted octanol–water partition coefficient (Wildman–Crippen LogP) is 2.58. The van der Waals surface area contributed by atoms with Gasteiger partial charge in [-0.2, -0.15) is 0 Å². The largest absolute Gasteiger partial charge is 0.368 e. The van der Waals surface area contributed by atoms with Gasteiger partial charge in [0.05, 0.1) is 6.54 Å². The number of halogens is 2. The van der Waals surface area contributed by atoms with Crippen molar-refractivity contribution in [1.82, 2.24) is 9.80 Å². The molecule has 0 bridgehead atoms. The summed E-state index contributed by atoms with van der Waals surface area (Å²) in [7, 11) is 0. The second-order valence-corrected chi connectivity index (χ2v) is 6.12. The fraction of sp³-hybridized carbons (Fsp3) is 0.562. The normalized spacial score (nSPS) is 21.3. The van der Waals surface area contributed by atoms with E-state index >= 15 is 0 Å². The number of nitrogens with zero attached hydrogens (tertiary/aromatic N) is 3. The SMILES string of the molecule is Cc1ccc(N2CCN(C(=O)N3CCC(F)(F)C3)CC2)cc1. The molecule has 2 fully saturated rings. The molecule has 1 aromatic rings. The van der Waals surface area contributed by atoms with Crippen LogP contribution in [0, 0.1) is 6.92 Å². The van der Waals surface area contributed by atoms with Gasteiger partial charge in [-0.1, -0.05) is 17.7 Å². The zero-order chi connectivity index (χ0) is 15.7. The first kappa shape index (κ1) is 15.1. The van der Waals surface area contributed by atoms with Gasteiger partial charge in [0.2, 0.25) is 0 Å². The quantitative estimate of drug-likeness (QED) is 0.797. The molecule has 0 atom stereocenters. The monoisotopic (exact) mass is 309 g/mol. The maximum atomic E-state index is 13.2. The highest BCUT2D eigenvalue weighted by Crippen LogP contribution is 2.28. The molecule has 6 heteroatoms. The van der Waals surface area contributed by atoms with Crippen molar-refractivity contribution in [3.8, 4) is 0 Å². The van der Waals surface area contributed by atoms with Gasteiger partial charge >= 0.3 is 6.03 Å². The van der Waals surface area contributed by atoms with Crippen molar-refractivity contribution in [2.45, 2.75) is 19.3 Å². The molecule has 0 radical (unpaired) electrons. The van der Waals surface area contributed by atoms with Crippen LogP contribution in [0.4, 0.5) is 19.3 Å². The number of aryl methyl sites for hydroxylation is 1. The molecular formula is C16H21F2N3O. The fourth-order valence-corrected chi connectivity index (χ4v) is 3.01. The third kappa shape index (κ3) is 3.15. The lowest BCUT2D eigenvalue weighted by Gasteiger charge is -2.37. The number of rotatable bonds is 1. The number of benzene rings is 1. The van der Waals surface area contributed by atoms with E-state index < -0.39 is 12.5 Å². The number of likely N-dealkylation sites (tertiary alicyclic amines) is 1. The van der Waals surface area contributed by atoms with Crippen LogP contribution in [0.2, 0.25) is 0 Å². The Morgan fingerprint density at radius 1 is 1.00 bits per heavy atom. The van der Waals surface area contributed by atoms with E-state index in [1.807, 2.05) is 6.92 Å². The minimum Gasteiger partial charge on any atom is -0.368 e. The molecule has 0 spiro atoms. The highest BCUT2D eigenvalue weighted by Gasteiger charge is 2.41. The van der Waals surface area contributed by atoms with Gasteiger partial charge in [-0.05, 0) is 19.1 Å². The molecular weight excluding hydrogens is 288 g/mol. The summed E-state index contributed by atoms with van der Waals surface area (Å²) in [6.07, 6.45) is -0.220. The number of amides is 2. The molecule has 0 saturated carbocycles. The van der Waals surface area contributed by atoms with E-state index in [0.29, 0.717) is 13.1 Å². The second kappa shape index (κ2) is 5.74. The zero-order valence-corrected chi connectivity index (χ0v) is 12.8. The average molecular weight is 309 g/mol. The Morgan fingerprint density at radius 2 is 1.64 bits per heavy atom. The van der Waals surface area contributed by atoms with Gasteiger partial charge in [0.1, 0.15) is 0 Å². The number of anilines is 1. The molecule has 3 rings (SSSR count). The molecule has 2 saturated heterocycles. The van der Waals surface area contributed by atoms with Gasteiger partial charge in [0.15, 0.2) is 0 Å². The molecule has 2 aliphatic heterocycles. The zero-order valence-electron chi connectivity index (χ0n) is 12.8. The Morgan fingerprint density at radius 3 is 2.18 bits per heavy atom. The summed E-state index contributed by atoms with van der Waals surface area (Å²) in [5.41, 5.74) is 2.36. The molecule has 2 aliphatic rings. The summed E-state index contributed by atoms with van der Waals surface area (Å²) in [6.45, 7) is 4.39. The minimum absolute atomic E-state index is 0.157. The van der Waals surface area contributed by atoms with Crippen LogP contribution in [-0.2, 0) is 0 Å². The smallest absolute Gasteiger partial charge is 0.320 e. The molecule has 2 amide bonds. The number of hydrogen-bond acceptors (Lipinski definition) is 2. The van der Waals surface area contributed by atoms with Crippen LogP contribution in [-0.4, -0.2) is 61.0 Å². The lowest BCUT2D eigenvalue weighted by atomic mass is 10.2. The van der Waals surface area contributed by atoms with E-state index in [9.17, 15) is 13.6 Å². The second-order valence-electron chi connectivity index (χ2n) is 6.12. The number of alkyl halides is 2. The van der Waals surface area contributed by atoms with Crippen LogP contribution < -0.4 is 4.90 Å². The molecule has 0 aromatic heterocycles. The van der Waals surface area contributed by atoms with Gasteiger partial charge in [-0.15, -0.1) is 0 Å². The van der Waals surface area contributed by atoms with Crippen LogP contribution in [0.1, 0.15) is 12.0 Å². The van der Waals surface area contributed by atoms with Gasteiger partial charge < -0.3 is 14.7 Å². The first-order valence-electron chi connectivity index (χ1n) is 7.68. The van der Waals surface area contributed by atoms with E-state index in [1.54, 1.807) is 4.90 Å².